The number of rotatable bonds is 2. The zero-order valence-corrected chi connectivity index (χ0v) is 8.45. The predicted octanol–water partition coefficient (Wildman–Crippen LogP) is 2.24. The van der Waals surface area contributed by atoms with Gasteiger partial charge in [-0.2, -0.15) is 11.3 Å². The van der Waals surface area contributed by atoms with Gasteiger partial charge in [0.2, 0.25) is 0 Å². The van der Waals surface area contributed by atoms with Gasteiger partial charge in [0, 0.05) is 12.5 Å². The Balaban J connectivity index is 2.23. The lowest BCUT2D eigenvalue weighted by Crippen LogP contribution is -2.19. The van der Waals surface area contributed by atoms with Gasteiger partial charge < -0.3 is 5.32 Å². The zero-order chi connectivity index (χ0) is 8.55. The van der Waals surface area contributed by atoms with Crippen LogP contribution < -0.4 is 5.32 Å². The molecule has 2 unspecified atom stereocenters. The topological polar surface area (TPSA) is 12.0 Å². The fourth-order valence-corrected chi connectivity index (χ4v) is 3.09. The largest absolute Gasteiger partial charge is 0.319 e. The molecule has 0 amide bonds. The maximum Gasteiger partial charge on any atom is 0.00202 e. The van der Waals surface area contributed by atoms with Crippen molar-refractivity contribution in [2.45, 2.75) is 19.3 Å². The van der Waals surface area contributed by atoms with Gasteiger partial charge in [-0.05, 0) is 41.3 Å². The summed E-state index contributed by atoms with van der Waals surface area (Å²) in [5.74, 6) is 1.59. The fraction of sp³-hybridized carbons (Fsp3) is 0.600. The quantitative estimate of drug-likeness (QED) is 0.738. The highest BCUT2D eigenvalue weighted by molar-refractivity contribution is 7.08. The van der Waals surface area contributed by atoms with E-state index >= 15 is 0 Å². The van der Waals surface area contributed by atoms with Crippen molar-refractivity contribution in [1.82, 2.24) is 5.32 Å². The summed E-state index contributed by atoms with van der Waals surface area (Å²) in [6.45, 7) is 3.48. The van der Waals surface area contributed by atoms with Crippen molar-refractivity contribution in [3.8, 4) is 0 Å². The van der Waals surface area contributed by atoms with Gasteiger partial charge in [-0.15, -0.1) is 0 Å². The SMILES string of the molecule is CNCC1c2cscc2CC1C. The van der Waals surface area contributed by atoms with Gasteiger partial charge in [-0.1, -0.05) is 6.92 Å². The van der Waals surface area contributed by atoms with E-state index in [2.05, 4.69) is 23.0 Å². The van der Waals surface area contributed by atoms with Crippen LogP contribution in [0.25, 0.3) is 0 Å². The summed E-state index contributed by atoms with van der Waals surface area (Å²) in [7, 11) is 2.04. The van der Waals surface area contributed by atoms with Gasteiger partial charge in [0.15, 0.2) is 0 Å². The summed E-state index contributed by atoms with van der Waals surface area (Å²) in [5, 5.41) is 7.90. The molecule has 12 heavy (non-hydrogen) atoms. The van der Waals surface area contributed by atoms with Crippen molar-refractivity contribution in [1.29, 1.82) is 0 Å². The van der Waals surface area contributed by atoms with E-state index in [9.17, 15) is 0 Å². The average Bonchev–Trinajstić information content (AvgIpc) is 2.56. The third kappa shape index (κ3) is 1.19. The van der Waals surface area contributed by atoms with Gasteiger partial charge in [0.25, 0.3) is 0 Å². The second kappa shape index (κ2) is 3.19. The summed E-state index contributed by atoms with van der Waals surface area (Å²) in [4.78, 5) is 0. The first kappa shape index (κ1) is 8.27. The third-order valence-corrected chi connectivity index (χ3v) is 3.64. The molecule has 1 heterocycles. The number of hydrogen-bond donors (Lipinski definition) is 1. The predicted molar refractivity (Wildman–Crippen MR) is 53.9 cm³/mol. The first-order chi connectivity index (χ1) is 5.83. The Morgan fingerprint density at radius 3 is 3.17 bits per heavy atom. The highest BCUT2D eigenvalue weighted by Crippen LogP contribution is 2.39. The minimum atomic E-state index is 0.760. The van der Waals surface area contributed by atoms with E-state index in [1.54, 1.807) is 11.1 Å². The minimum absolute atomic E-state index is 0.760. The number of likely N-dealkylation sites (N-methyl/N-ethyl adjacent to an activating group) is 1. The lowest BCUT2D eigenvalue weighted by atomic mass is 9.95. The summed E-state index contributed by atoms with van der Waals surface area (Å²) in [6.07, 6.45) is 1.28. The van der Waals surface area contributed by atoms with Crippen LogP contribution in [0.5, 0.6) is 0 Å². The molecule has 0 saturated heterocycles. The Bertz CT molecular complexity index is 267. The second-order valence-corrected chi connectivity index (χ2v) is 4.44. The Labute approximate surface area is 77.8 Å². The molecule has 66 valence electrons. The van der Waals surface area contributed by atoms with Gasteiger partial charge in [0.05, 0.1) is 0 Å². The fourth-order valence-electron chi connectivity index (χ4n) is 2.15. The van der Waals surface area contributed by atoms with Crippen molar-refractivity contribution in [2.24, 2.45) is 5.92 Å². The van der Waals surface area contributed by atoms with Crippen LogP contribution in [0, 0.1) is 5.92 Å². The molecule has 1 nitrogen and oxygen atoms in total. The van der Waals surface area contributed by atoms with Crippen LogP contribution in [0.1, 0.15) is 24.0 Å². The molecule has 1 aliphatic rings. The van der Waals surface area contributed by atoms with Crippen molar-refractivity contribution in [2.75, 3.05) is 13.6 Å². The number of thiophene rings is 1. The molecule has 1 N–H and O–H groups in total. The first-order valence-corrected chi connectivity index (χ1v) is 5.46. The summed E-state index contributed by atoms with van der Waals surface area (Å²) < 4.78 is 0. The molecule has 2 heteroatoms. The average molecular weight is 181 g/mol. The van der Waals surface area contributed by atoms with Crippen LogP contribution in [0.2, 0.25) is 0 Å². The molecule has 0 bridgehead atoms. The Kier molecular flexibility index (Phi) is 2.20. The Hall–Kier alpha value is -0.340. The maximum atomic E-state index is 3.28. The van der Waals surface area contributed by atoms with E-state index in [4.69, 9.17) is 0 Å². The Morgan fingerprint density at radius 1 is 1.58 bits per heavy atom. The maximum absolute atomic E-state index is 3.28. The molecule has 1 aromatic heterocycles. The monoisotopic (exact) mass is 181 g/mol. The van der Waals surface area contributed by atoms with E-state index < -0.39 is 0 Å². The summed E-state index contributed by atoms with van der Waals surface area (Å²) in [5.41, 5.74) is 3.19. The van der Waals surface area contributed by atoms with Crippen LogP contribution in [0.3, 0.4) is 0 Å². The van der Waals surface area contributed by atoms with E-state index in [0.29, 0.717) is 0 Å². The smallest absolute Gasteiger partial charge is 0.00202 e. The lowest BCUT2D eigenvalue weighted by Gasteiger charge is -2.14. The molecule has 0 fully saturated rings. The van der Waals surface area contributed by atoms with Crippen molar-refractivity contribution in [3.63, 3.8) is 0 Å². The van der Waals surface area contributed by atoms with Crippen LogP contribution in [0.15, 0.2) is 10.8 Å². The van der Waals surface area contributed by atoms with Crippen molar-refractivity contribution in [3.05, 3.63) is 21.9 Å². The van der Waals surface area contributed by atoms with Gasteiger partial charge in [0.1, 0.15) is 0 Å². The minimum Gasteiger partial charge on any atom is -0.319 e. The molecule has 0 aromatic carbocycles. The zero-order valence-electron chi connectivity index (χ0n) is 7.63. The molecule has 0 saturated carbocycles. The van der Waals surface area contributed by atoms with Crippen LogP contribution in [-0.4, -0.2) is 13.6 Å². The molecule has 1 aliphatic carbocycles. The standard InChI is InChI=1S/C10H15NS/c1-7-3-8-5-12-6-10(8)9(7)4-11-2/h5-7,9,11H,3-4H2,1-2H3. The molecular weight excluding hydrogens is 166 g/mol. The normalized spacial score (nSPS) is 27.5. The van der Waals surface area contributed by atoms with E-state index in [0.717, 1.165) is 18.4 Å². The lowest BCUT2D eigenvalue weighted by molar-refractivity contribution is 0.480. The van der Waals surface area contributed by atoms with Gasteiger partial charge >= 0.3 is 0 Å². The highest BCUT2D eigenvalue weighted by Gasteiger charge is 2.28. The molecule has 2 atom stereocenters. The number of hydrogen-bond acceptors (Lipinski definition) is 2. The first-order valence-electron chi connectivity index (χ1n) is 4.52. The van der Waals surface area contributed by atoms with E-state index in [-0.39, 0.29) is 0 Å². The number of nitrogens with one attached hydrogen (secondary N) is 1. The third-order valence-electron chi connectivity index (χ3n) is 2.83. The molecule has 0 radical (unpaired) electrons. The molecular formula is C10H15NS. The number of fused-ring (bicyclic) bond motifs is 1. The van der Waals surface area contributed by atoms with Gasteiger partial charge in [-0.3, -0.25) is 0 Å². The summed E-state index contributed by atoms with van der Waals surface area (Å²) in [6, 6.07) is 0. The van der Waals surface area contributed by atoms with E-state index in [1.165, 1.54) is 6.42 Å². The van der Waals surface area contributed by atoms with E-state index in [1.807, 2.05) is 18.4 Å². The highest BCUT2D eigenvalue weighted by atomic mass is 32.1. The summed E-state index contributed by atoms with van der Waals surface area (Å²) >= 11 is 1.85. The van der Waals surface area contributed by atoms with Crippen LogP contribution in [-0.2, 0) is 6.42 Å². The molecule has 1 aromatic rings. The molecule has 0 spiro atoms. The van der Waals surface area contributed by atoms with Gasteiger partial charge in [-0.25, -0.2) is 0 Å². The van der Waals surface area contributed by atoms with Crippen molar-refractivity contribution >= 4 is 11.3 Å². The van der Waals surface area contributed by atoms with Crippen LogP contribution in [0.4, 0.5) is 0 Å². The second-order valence-electron chi connectivity index (χ2n) is 3.70. The Morgan fingerprint density at radius 2 is 2.42 bits per heavy atom. The van der Waals surface area contributed by atoms with Crippen molar-refractivity contribution < 1.29 is 0 Å². The molecule has 0 aliphatic heterocycles. The molecule has 2 rings (SSSR count). The van der Waals surface area contributed by atoms with Crippen LogP contribution >= 0.6 is 11.3 Å².